The average molecular weight is 306 g/mol. The second kappa shape index (κ2) is 5.73. The maximum atomic E-state index is 12.4. The normalized spacial score (nSPS) is 11.6. The van der Waals surface area contributed by atoms with E-state index in [9.17, 15) is 13.2 Å². The number of aromatic nitrogens is 1. The Morgan fingerprint density at radius 3 is 2.52 bits per heavy atom. The zero-order valence-electron chi connectivity index (χ0n) is 12.2. The molecule has 0 aliphatic rings. The number of hydrogen-bond donors (Lipinski definition) is 2. The summed E-state index contributed by atoms with van der Waals surface area (Å²) in [6, 6.07) is 6.79. The van der Waals surface area contributed by atoms with Gasteiger partial charge in [-0.1, -0.05) is 32.0 Å². The predicted molar refractivity (Wildman–Crippen MR) is 83.1 cm³/mol. The largest absolute Gasteiger partial charge is 0.366 e. The highest BCUT2D eigenvalue weighted by Gasteiger charge is 2.20. The van der Waals surface area contributed by atoms with Crippen molar-refractivity contribution < 1.29 is 8.42 Å². The maximum absolute atomic E-state index is 12.4. The van der Waals surface area contributed by atoms with E-state index in [2.05, 4.69) is 9.71 Å². The standard InChI is InChI=1S/C15H18N2O3S/c1-10(2)12-6-4-5-11(3)15(12)17-21(19,20)14-9-16-8-7-13(14)18/h4-10,17H,1-3H3,(H,16,18). The van der Waals surface area contributed by atoms with Gasteiger partial charge in [0, 0.05) is 18.5 Å². The number of benzene rings is 1. The highest BCUT2D eigenvalue weighted by atomic mass is 32.2. The molecule has 0 spiro atoms. The van der Waals surface area contributed by atoms with Crippen LogP contribution in [0.25, 0.3) is 0 Å². The summed E-state index contributed by atoms with van der Waals surface area (Å²) < 4.78 is 27.4. The van der Waals surface area contributed by atoms with Gasteiger partial charge in [0.1, 0.15) is 0 Å². The van der Waals surface area contributed by atoms with Crippen molar-refractivity contribution in [3.05, 3.63) is 58.0 Å². The van der Waals surface area contributed by atoms with Crippen molar-refractivity contribution in [2.24, 2.45) is 0 Å². The topological polar surface area (TPSA) is 79.0 Å². The summed E-state index contributed by atoms with van der Waals surface area (Å²) in [6.07, 6.45) is 2.59. The first kappa shape index (κ1) is 15.3. The van der Waals surface area contributed by atoms with Gasteiger partial charge in [-0.3, -0.25) is 9.52 Å². The Morgan fingerprint density at radius 1 is 1.19 bits per heavy atom. The summed E-state index contributed by atoms with van der Waals surface area (Å²) in [4.78, 5) is 14.1. The molecule has 0 saturated heterocycles. The lowest BCUT2D eigenvalue weighted by Gasteiger charge is -2.17. The Bertz CT molecular complexity index is 808. The van der Waals surface area contributed by atoms with Crippen LogP contribution < -0.4 is 10.2 Å². The molecule has 0 bridgehead atoms. The fourth-order valence-electron chi connectivity index (χ4n) is 2.11. The Labute approximate surface area is 124 Å². The molecule has 0 aliphatic carbocycles. The summed E-state index contributed by atoms with van der Waals surface area (Å²) in [5.41, 5.74) is 1.71. The zero-order valence-corrected chi connectivity index (χ0v) is 13.0. The van der Waals surface area contributed by atoms with E-state index in [-0.39, 0.29) is 10.8 Å². The molecule has 5 nitrogen and oxygen atoms in total. The van der Waals surface area contributed by atoms with Crippen LogP contribution in [0.2, 0.25) is 0 Å². The Kier molecular flexibility index (Phi) is 4.18. The van der Waals surface area contributed by atoms with Gasteiger partial charge in [-0.15, -0.1) is 0 Å². The van der Waals surface area contributed by atoms with Crippen molar-refractivity contribution in [2.75, 3.05) is 4.72 Å². The van der Waals surface area contributed by atoms with Gasteiger partial charge >= 0.3 is 0 Å². The number of sulfonamides is 1. The number of aromatic amines is 1. The molecule has 2 N–H and O–H groups in total. The minimum atomic E-state index is -3.92. The van der Waals surface area contributed by atoms with Crippen LogP contribution in [-0.4, -0.2) is 13.4 Å². The molecule has 1 aromatic heterocycles. The van der Waals surface area contributed by atoms with Crippen LogP contribution in [0.5, 0.6) is 0 Å². The van der Waals surface area contributed by atoms with Gasteiger partial charge in [-0.2, -0.15) is 0 Å². The summed E-state index contributed by atoms with van der Waals surface area (Å²) in [5, 5.41) is 0. The summed E-state index contributed by atoms with van der Waals surface area (Å²) in [6.45, 7) is 5.81. The third-order valence-electron chi connectivity index (χ3n) is 3.24. The quantitative estimate of drug-likeness (QED) is 0.911. The van der Waals surface area contributed by atoms with Gasteiger partial charge in [-0.05, 0) is 24.0 Å². The second-order valence-electron chi connectivity index (χ2n) is 5.17. The van der Waals surface area contributed by atoms with E-state index in [1.165, 1.54) is 18.5 Å². The Morgan fingerprint density at radius 2 is 1.90 bits per heavy atom. The highest BCUT2D eigenvalue weighted by molar-refractivity contribution is 7.92. The SMILES string of the molecule is Cc1cccc(C(C)C)c1NS(=O)(=O)c1c[nH]ccc1=O. The molecule has 0 amide bonds. The van der Waals surface area contributed by atoms with Gasteiger partial charge in [0.05, 0.1) is 5.69 Å². The number of hydrogen-bond acceptors (Lipinski definition) is 3. The van der Waals surface area contributed by atoms with Crippen LogP contribution in [0, 0.1) is 6.92 Å². The number of nitrogens with one attached hydrogen (secondary N) is 2. The second-order valence-corrected chi connectivity index (χ2v) is 6.82. The third-order valence-corrected chi connectivity index (χ3v) is 4.61. The summed E-state index contributed by atoms with van der Waals surface area (Å²) in [7, 11) is -3.92. The van der Waals surface area contributed by atoms with E-state index < -0.39 is 15.5 Å². The minimum Gasteiger partial charge on any atom is -0.366 e. The first-order valence-corrected chi connectivity index (χ1v) is 8.10. The van der Waals surface area contributed by atoms with E-state index >= 15 is 0 Å². The number of pyridine rings is 1. The molecule has 0 atom stereocenters. The van der Waals surface area contributed by atoms with Crippen LogP contribution in [0.15, 0.2) is 46.3 Å². The highest BCUT2D eigenvalue weighted by Crippen LogP contribution is 2.28. The van der Waals surface area contributed by atoms with Crippen molar-refractivity contribution in [3.63, 3.8) is 0 Å². The minimum absolute atomic E-state index is 0.164. The first-order chi connectivity index (χ1) is 9.83. The van der Waals surface area contributed by atoms with Crippen molar-refractivity contribution in [1.82, 2.24) is 4.98 Å². The lowest BCUT2D eigenvalue weighted by molar-refractivity contribution is 0.600. The first-order valence-electron chi connectivity index (χ1n) is 6.62. The van der Waals surface area contributed by atoms with Crippen molar-refractivity contribution in [3.8, 4) is 0 Å². The number of H-pyrrole nitrogens is 1. The van der Waals surface area contributed by atoms with E-state index in [0.29, 0.717) is 5.69 Å². The van der Waals surface area contributed by atoms with Gasteiger partial charge in [0.25, 0.3) is 10.0 Å². The fraction of sp³-hybridized carbons (Fsp3) is 0.267. The lowest BCUT2D eigenvalue weighted by Crippen LogP contribution is -2.22. The van der Waals surface area contributed by atoms with Crippen LogP contribution in [0.4, 0.5) is 5.69 Å². The molecule has 0 aliphatic heterocycles. The number of rotatable bonds is 4. The van der Waals surface area contributed by atoms with Crippen molar-refractivity contribution in [1.29, 1.82) is 0 Å². The Balaban J connectivity index is 2.52. The molecule has 112 valence electrons. The van der Waals surface area contributed by atoms with Crippen LogP contribution in [0.1, 0.15) is 30.9 Å². The molecule has 1 aromatic carbocycles. The van der Waals surface area contributed by atoms with Crippen LogP contribution in [0.3, 0.4) is 0 Å². The average Bonchev–Trinajstić information content (AvgIpc) is 2.41. The van der Waals surface area contributed by atoms with Gasteiger partial charge in [-0.25, -0.2) is 8.42 Å². The summed E-state index contributed by atoms with van der Waals surface area (Å²) in [5.74, 6) is 0.164. The van der Waals surface area contributed by atoms with Crippen molar-refractivity contribution >= 4 is 15.7 Å². The molecular formula is C15H18N2O3S. The Hall–Kier alpha value is -2.08. The van der Waals surface area contributed by atoms with E-state index in [4.69, 9.17) is 0 Å². The molecule has 0 unspecified atom stereocenters. The van der Waals surface area contributed by atoms with Crippen LogP contribution >= 0.6 is 0 Å². The smallest absolute Gasteiger partial charge is 0.267 e. The molecule has 0 fully saturated rings. The molecule has 0 radical (unpaired) electrons. The van der Waals surface area contributed by atoms with Crippen molar-refractivity contribution in [2.45, 2.75) is 31.6 Å². The van der Waals surface area contributed by atoms with E-state index in [0.717, 1.165) is 11.1 Å². The molecule has 21 heavy (non-hydrogen) atoms. The van der Waals surface area contributed by atoms with Gasteiger partial charge < -0.3 is 4.98 Å². The molecule has 0 saturated carbocycles. The number of aryl methyl sites for hydroxylation is 1. The molecule has 6 heteroatoms. The van der Waals surface area contributed by atoms with E-state index in [1.54, 1.807) is 0 Å². The molecule has 2 aromatic rings. The number of anilines is 1. The molecular weight excluding hydrogens is 288 g/mol. The lowest BCUT2D eigenvalue weighted by atomic mass is 9.99. The maximum Gasteiger partial charge on any atom is 0.267 e. The monoisotopic (exact) mass is 306 g/mol. The van der Waals surface area contributed by atoms with Crippen LogP contribution in [-0.2, 0) is 10.0 Å². The summed E-state index contributed by atoms with van der Waals surface area (Å²) >= 11 is 0. The van der Waals surface area contributed by atoms with Gasteiger partial charge in [0.2, 0.25) is 5.43 Å². The number of para-hydroxylation sites is 1. The zero-order chi connectivity index (χ0) is 15.6. The molecule has 2 rings (SSSR count). The van der Waals surface area contributed by atoms with E-state index in [1.807, 2.05) is 39.0 Å². The fourth-order valence-corrected chi connectivity index (χ4v) is 3.32. The predicted octanol–water partition coefficient (Wildman–Crippen LogP) is 2.61. The molecule has 1 heterocycles. The third kappa shape index (κ3) is 3.16. The van der Waals surface area contributed by atoms with Gasteiger partial charge in [0.15, 0.2) is 4.90 Å².